The minimum absolute atomic E-state index is 0.119. The standard InChI is InChI=1S/C28H33FN4O2/c1-19-6-2-3-7-23(19)24-8-4-9-26(30)25(16-32-28(31)34)27(24)20-10-12-21(13-11-20)35-22-17-33(18-22)15-5-14-29/h2-3,6-7,10-13,16,22H,4-5,8-9,14-15,17-18,30H2,1H3,(H2,31,34)/b32-16+. The number of aryl methyl sites for hydroxylation is 1. The summed E-state index contributed by atoms with van der Waals surface area (Å²) < 4.78 is 18.5. The predicted octanol–water partition coefficient (Wildman–Crippen LogP) is 4.87. The van der Waals surface area contributed by atoms with Crippen molar-refractivity contribution >= 4 is 23.4 Å². The molecule has 2 aromatic carbocycles. The Labute approximate surface area is 206 Å². The summed E-state index contributed by atoms with van der Waals surface area (Å²) in [5.74, 6) is 0.792. The van der Waals surface area contributed by atoms with Crippen LogP contribution in [-0.2, 0) is 0 Å². The van der Waals surface area contributed by atoms with Gasteiger partial charge in [-0.3, -0.25) is 9.29 Å². The molecule has 0 aromatic heterocycles. The Balaban J connectivity index is 1.67. The van der Waals surface area contributed by atoms with Crippen LogP contribution in [0.3, 0.4) is 0 Å². The van der Waals surface area contributed by atoms with Gasteiger partial charge in [0, 0.05) is 37.1 Å². The smallest absolute Gasteiger partial charge is 0.338 e. The first kappa shape index (κ1) is 24.7. The molecule has 0 radical (unpaired) electrons. The first-order valence-corrected chi connectivity index (χ1v) is 12.1. The average molecular weight is 477 g/mol. The second kappa shape index (κ2) is 11.3. The summed E-state index contributed by atoms with van der Waals surface area (Å²) in [5, 5.41) is 0. The molecule has 0 bridgehead atoms. The number of carbonyl (C=O) groups is 1. The second-order valence-corrected chi connectivity index (χ2v) is 9.12. The van der Waals surface area contributed by atoms with E-state index in [-0.39, 0.29) is 12.8 Å². The molecule has 0 unspecified atom stereocenters. The van der Waals surface area contributed by atoms with Crippen LogP contribution in [0.15, 0.2) is 64.8 Å². The van der Waals surface area contributed by atoms with Crippen LogP contribution in [0, 0.1) is 6.92 Å². The van der Waals surface area contributed by atoms with E-state index in [9.17, 15) is 9.18 Å². The van der Waals surface area contributed by atoms with Crippen LogP contribution < -0.4 is 16.2 Å². The summed E-state index contributed by atoms with van der Waals surface area (Å²) in [6.07, 6.45) is 4.65. The lowest BCUT2D eigenvalue weighted by molar-refractivity contribution is 0.0184. The number of halogens is 1. The minimum atomic E-state index is -0.754. The van der Waals surface area contributed by atoms with Gasteiger partial charge in [-0.25, -0.2) is 9.79 Å². The highest BCUT2D eigenvalue weighted by atomic mass is 19.1. The van der Waals surface area contributed by atoms with Crippen molar-refractivity contribution in [3.8, 4) is 5.75 Å². The highest BCUT2D eigenvalue weighted by Gasteiger charge is 2.28. The van der Waals surface area contributed by atoms with Crippen molar-refractivity contribution in [2.45, 2.75) is 38.7 Å². The number of amides is 2. The number of primary amides is 1. The van der Waals surface area contributed by atoms with E-state index in [1.165, 1.54) is 17.4 Å². The third kappa shape index (κ3) is 5.98. The summed E-state index contributed by atoms with van der Waals surface area (Å²) >= 11 is 0. The van der Waals surface area contributed by atoms with Crippen molar-refractivity contribution in [3.63, 3.8) is 0 Å². The number of aliphatic imine (C=N–C) groups is 1. The predicted molar refractivity (Wildman–Crippen MR) is 139 cm³/mol. The zero-order valence-corrected chi connectivity index (χ0v) is 20.2. The SMILES string of the molecule is Cc1ccccc1C1=C(c2ccc(OC3CN(CCCF)C3)cc2)C(/C=N/C(N)=O)=C(N)CCC1. The third-order valence-electron chi connectivity index (χ3n) is 6.56. The molecular formula is C28H33FN4O2. The van der Waals surface area contributed by atoms with Gasteiger partial charge in [0.2, 0.25) is 0 Å². The number of nitrogens with zero attached hydrogens (tertiary/aromatic N) is 2. The summed E-state index contributed by atoms with van der Waals surface area (Å²) in [5.41, 5.74) is 18.7. The van der Waals surface area contributed by atoms with E-state index in [1.807, 2.05) is 36.4 Å². The molecule has 0 saturated carbocycles. The van der Waals surface area contributed by atoms with E-state index in [0.717, 1.165) is 60.5 Å². The molecule has 1 aliphatic heterocycles. The zero-order chi connectivity index (χ0) is 24.8. The van der Waals surface area contributed by atoms with Gasteiger partial charge in [-0.1, -0.05) is 36.4 Å². The van der Waals surface area contributed by atoms with Crippen molar-refractivity contribution in [2.24, 2.45) is 16.5 Å². The summed E-state index contributed by atoms with van der Waals surface area (Å²) in [6.45, 7) is 4.22. The van der Waals surface area contributed by atoms with E-state index >= 15 is 0 Å². The molecule has 4 rings (SSSR count). The van der Waals surface area contributed by atoms with Gasteiger partial charge in [-0.05, 0) is 72.6 Å². The summed E-state index contributed by atoms with van der Waals surface area (Å²) in [6, 6.07) is 15.5. The van der Waals surface area contributed by atoms with Crippen LogP contribution in [0.4, 0.5) is 9.18 Å². The quantitative estimate of drug-likeness (QED) is 0.531. The average Bonchev–Trinajstić information content (AvgIpc) is 2.98. The highest BCUT2D eigenvalue weighted by Crippen LogP contribution is 2.40. The van der Waals surface area contributed by atoms with Crippen LogP contribution in [0.25, 0.3) is 11.1 Å². The Morgan fingerprint density at radius 2 is 1.91 bits per heavy atom. The maximum atomic E-state index is 12.4. The molecule has 1 fully saturated rings. The fourth-order valence-electron chi connectivity index (χ4n) is 4.78. The first-order valence-electron chi connectivity index (χ1n) is 12.1. The van der Waals surface area contributed by atoms with Gasteiger partial charge in [0.1, 0.15) is 11.9 Å². The fourth-order valence-corrected chi connectivity index (χ4v) is 4.78. The number of allylic oxidation sites excluding steroid dienone is 4. The number of ether oxygens (including phenoxy) is 1. The number of alkyl halides is 1. The number of rotatable bonds is 8. The number of benzene rings is 2. The van der Waals surface area contributed by atoms with Gasteiger partial charge in [0.05, 0.1) is 6.67 Å². The van der Waals surface area contributed by atoms with Crippen LogP contribution in [0.1, 0.15) is 42.4 Å². The first-order chi connectivity index (χ1) is 17.0. The minimum Gasteiger partial charge on any atom is -0.488 e. The molecule has 184 valence electrons. The molecule has 1 saturated heterocycles. The van der Waals surface area contributed by atoms with E-state index in [0.29, 0.717) is 18.5 Å². The summed E-state index contributed by atoms with van der Waals surface area (Å²) in [7, 11) is 0. The molecule has 4 N–H and O–H groups in total. The molecule has 35 heavy (non-hydrogen) atoms. The largest absolute Gasteiger partial charge is 0.488 e. The topological polar surface area (TPSA) is 93.9 Å². The molecule has 2 aromatic rings. The fraction of sp³-hybridized carbons (Fsp3) is 0.357. The number of urea groups is 1. The number of carbonyl (C=O) groups excluding carboxylic acids is 1. The Hall–Kier alpha value is -3.45. The van der Waals surface area contributed by atoms with Gasteiger partial charge in [-0.15, -0.1) is 0 Å². The van der Waals surface area contributed by atoms with E-state index in [4.69, 9.17) is 16.2 Å². The maximum absolute atomic E-state index is 12.4. The highest BCUT2D eigenvalue weighted by molar-refractivity contribution is 6.12. The number of likely N-dealkylation sites (tertiary alicyclic amines) is 1. The van der Waals surface area contributed by atoms with Crippen molar-refractivity contribution in [2.75, 3.05) is 26.3 Å². The van der Waals surface area contributed by atoms with E-state index < -0.39 is 6.03 Å². The third-order valence-corrected chi connectivity index (χ3v) is 6.56. The Kier molecular flexibility index (Phi) is 7.98. The normalized spacial score (nSPS) is 17.5. The Morgan fingerprint density at radius 3 is 2.60 bits per heavy atom. The Bertz CT molecular complexity index is 1150. The van der Waals surface area contributed by atoms with Crippen LogP contribution in [-0.4, -0.2) is 49.6 Å². The molecule has 0 spiro atoms. The monoisotopic (exact) mass is 476 g/mol. The van der Waals surface area contributed by atoms with Crippen molar-refractivity contribution < 1.29 is 13.9 Å². The summed E-state index contributed by atoms with van der Waals surface area (Å²) in [4.78, 5) is 17.5. The van der Waals surface area contributed by atoms with Crippen molar-refractivity contribution in [1.82, 2.24) is 4.90 Å². The van der Waals surface area contributed by atoms with Crippen LogP contribution in [0.2, 0.25) is 0 Å². The number of nitrogens with two attached hydrogens (primary N) is 2. The van der Waals surface area contributed by atoms with Crippen molar-refractivity contribution in [1.29, 1.82) is 0 Å². The Morgan fingerprint density at radius 1 is 1.17 bits per heavy atom. The molecule has 7 heteroatoms. The van der Waals surface area contributed by atoms with Gasteiger partial charge >= 0.3 is 6.03 Å². The molecule has 2 amide bonds. The lowest BCUT2D eigenvalue weighted by atomic mass is 9.87. The molecule has 2 aliphatic rings. The maximum Gasteiger partial charge on any atom is 0.338 e. The van der Waals surface area contributed by atoms with Gasteiger partial charge < -0.3 is 16.2 Å². The molecular weight excluding hydrogens is 443 g/mol. The van der Waals surface area contributed by atoms with Crippen LogP contribution >= 0.6 is 0 Å². The van der Waals surface area contributed by atoms with Crippen LogP contribution in [0.5, 0.6) is 5.75 Å². The lowest BCUT2D eigenvalue weighted by Crippen LogP contribution is -2.53. The number of hydrogen-bond acceptors (Lipinski definition) is 4. The van der Waals surface area contributed by atoms with Crippen molar-refractivity contribution in [3.05, 3.63) is 76.5 Å². The van der Waals surface area contributed by atoms with E-state index in [2.05, 4.69) is 28.9 Å². The van der Waals surface area contributed by atoms with E-state index in [1.54, 1.807) is 0 Å². The van der Waals surface area contributed by atoms with Gasteiger partial charge in [0.15, 0.2) is 0 Å². The molecule has 0 atom stereocenters. The molecule has 1 heterocycles. The van der Waals surface area contributed by atoms with Gasteiger partial charge in [0.25, 0.3) is 0 Å². The number of hydrogen-bond donors (Lipinski definition) is 2. The second-order valence-electron chi connectivity index (χ2n) is 9.12. The lowest BCUT2D eigenvalue weighted by Gasteiger charge is -2.38. The molecule has 1 aliphatic carbocycles. The zero-order valence-electron chi connectivity index (χ0n) is 20.2. The van der Waals surface area contributed by atoms with Gasteiger partial charge in [-0.2, -0.15) is 0 Å². The molecule has 6 nitrogen and oxygen atoms in total.